The molecule has 128 valence electrons. The van der Waals surface area contributed by atoms with Crippen LogP contribution in [0, 0.1) is 5.92 Å². The van der Waals surface area contributed by atoms with Gasteiger partial charge in [-0.2, -0.15) is 0 Å². The predicted octanol–water partition coefficient (Wildman–Crippen LogP) is 2.64. The van der Waals surface area contributed by atoms with Gasteiger partial charge in [-0.15, -0.1) is 24.8 Å². The molecule has 0 radical (unpaired) electrons. The largest absolute Gasteiger partial charge is 0.504 e. The third-order valence-electron chi connectivity index (χ3n) is 3.81. The first-order chi connectivity index (χ1) is 9.50. The van der Waals surface area contributed by atoms with E-state index in [4.69, 9.17) is 0 Å². The van der Waals surface area contributed by atoms with Crippen LogP contribution in [-0.2, 0) is 0 Å². The van der Waals surface area contributed by atoms with Crippen LogP contribution in [0.5, 0.6) is 17.2 Å². The van der Waals surface area contributed by atoms with Crippen LogP contribution < -0.4 is 5.32 Å². The van der Waals surface area contributed by atoms with E-state index in [9.17, 15) is 15.3 Å². The van der Waals surface area contributed by atoms with Gasteiger partial charge in [-0.05, 0) is 24.5 Å². The van der Waals surface area contributed by atoms with Crippen LogP contribution in [0.25, 0.3) is 0 Å². The second-order valence-corrected chi connectivity index (χ2v) is 5.80. The normalized spacial score (nSPS) is 16.7. The molecule has 4 N–H and O–H groups in total. The third-order valence-corrected chi connectivity index (χ3v) is 3.81. The van der Waals surface area contributed by atoms with Crippen molar-refractivity contribution in [2.45, 2.75) is 26.3 Å². The second-order valence-electron chi connectivity index (χ2n) is 5.80. The van der Waals surface area contributed by atoms with Crippen LogP contribution in [-0.4, -0.2) is 46.4 Å². The molecule has 0 amide bonds. The van der Waals surface area contributed by atoms with Crippen LogP contribution in [0.15, 0.2) is 12.1 Å². The molecular formula is C15H26Cl2N2O3. The maximum absolute atomic E-state index is 10.1. The van der Waals surface area contributed by atoms with Crippen molar-refractivity contribution in [2.75, 3.05) is 26.2 Å². The van der Waals surface area contributed by atoms with E-state index in [0.29, 0.717) is 11.5 Å². The lowest BCUT2D eigenvalue weighted by atomic mass is 9.94. The molecule has 0 saturated carbocycles. The Morgan fingerprint density at radius 3 is 2.18 bits per heavy atom. The molecule has 1 aliphatic heterocycles. The lowest BCUT2D eigenvalue weighted by molar-refractivity contribution is 0.151. The molecule has 1 aromatic rings. The van der Waals surface area contributed by atoms with Gasteiger partial charge in [-0.3, -0.25) is 4.90 Å². The number of phenols is 3. The van der Waals surface area contributed by atoms with E-state index in [-0.39, 0.29) is 42.4 Å². The van der Waals surface area contributed by atoms with E-state index in [2.05, 4.69) is 24.1 Å². The second kappa shape index (κ2) is 9.30. The van der Waals surface area contributed by atoms with Crippen LogP contribution in [0.2, 0.25) is 0 Å². The Bertz CT molecular complexity index is 466. The Morgan fingerprint density at radius 2 is 1.64 bits per heavy atom. The number of benzene rings is 1. The molecular weight excluding hydrogens is 327 g/mol. The van der Waals surface area contributed by atoms with Gasteiger partial charge < -0.3 is 20.6 Å². The summed E-state index contributed by atoms with van der Waals surface area (Å²) in [5, 5.41) is 32.7. The highest BCUT2D eigenvalue weighted by Gasteiger charge is 2.27. The Labute approximate surface area is 144 Å². The zero-order valence-electron chi connectivity index (χ0n) is 13.0. The van der Waals surface area contributed by atoms with E-state index in [1.165, 1.54) is 6.07 Å². The molecule has 0 unspecified atom stereocenters. The Morgan fingerprint density at radius 1 is 1.05 bits per heavy atom. The zero-order chi connectivity index (χ0) is 14.7. The van der Waals surface area contributed by atoms with Gasteiger partial charge in [0, 0.05) is 37.8 Å². The summed E-state index contributed by atoms with van der Waals surface area (Å²) >= 11 is 0. The van der Waals surface area contributed by atoms with Gasteiger partial charge in [0.05, 0.1) is 0 Å². The maximum Gasteiger partial charge on any atom is 0.200 e. The van der Waals surface area contributed by atoms with Gasteiger partial charge in [-0.1, -0.05) is 13.8 Å². The van der Waals surface area contributed by atoms with Crippen molar-refractivity contribution in [3.63, 3.8) is 0 Å². The van der Waals surface area contributed by atoms with Crippen molar-refractivity contribution in [1.82, 2.24) is 10.2 Å². The highest BCUT2D eigenvalue weighted by atomic mass is 35.5. The smallest absolute Gasteiger partial charge is 0.200 e. The minimum absolute atomic E-state index is 0. The summed E-state index contributed by atoms with van der Waals surface area (Å²) in [4.78, 5) is 2.32. The molecule has 2 rings (SSSR count). The monoisotopic (exact) mass is 352 g/mol. The molecule has 1 saturated heterocycles. The number of nitrogens with zero attached hydrogens (tertiary/aromatic N) is 1. The average Bonchev–Trinajstić information content (AvgIpc) is 2.44. The quantitative estimate of drug-likeness (QED) is 0.626. The van der Waals surface area contributed by atoms with Crippen molar-refractivity contribution in [2.24, 2.45) is 5.92 Å². The summed E-state index contributed by atoms with van der Waals surface area (Å²) in [6.45, 7) is 7.98. The van der Waals surface area contributed by atoms with Crippen LogP contribution in [0.1, 0.15) is 31.9 Å². The van der Waals surface area contributed by atoms with E-state index in [1.54, 1.807) is 6.07 Å². The molecule has 0 aromatic heterocycles. The summed E-state index contributed by atoms with van der Waals surface area (Å²) in [7, 11) is 0. The van der Waals surface area contributed by atoms with Crippen LogP contribution in [0.3, 0.4) is 0 Å². The van der Waals surface area contributed by atoms with Gasteiger partial charge >= 0.3 is 0 Å². The number of halogens is 2. The van der Waals surface area contributed by atoms with Crippen molar-refractivity contribution in [1.29, 1.82) is 0 Å². The van der Waals surface area contributed by atoms with Gasteiger partial charge in [-0.25, -0.2) is 0 Å². The Hall–Kier alpha value is -0.880. The van der Waals surface area contributed by atoms with Crippen LogP contribution in [0.4, 0.5) is 0 Å². The minimum atomic E-state index is -0.425. The van der Waals surface area contributed by atoms with Gasteiger partial charge in [0.2, 0.25) is 5.75 Å². The van der Waals surface area contributed by atoms with Crippen molar-refractivity contribution >= 4 is 24.8 Å². The number of hydrogen-bond acceptors (Lipinski definition) is 5. The molecule has 1 atom stereocenters. The fraction of sp³-hybridized carbons (Fsp3) is 0.600. The zero-order valence-corrected chi connectivity index (χ0v) is 14.6. The number of piperazine rings is 1. The molecule has 1 heterocycles. The molecule has 1 aliphatic rings. The summed E-state index contributed by atoms with van der Waals surface area (Å²) in [5.74, 6) is -0.430. The number of nitrogens with one attached hydrogen (secondary N) is 1. The van der Waals surface area contributed by atoms with Crippen molar-refractivity contribution < 1.29 is 15.3 Å². The fourth-order valence-corrected chi connectivity index (χ4v) is 2.77. The van der Waals surface area contributed by atoms with Gasteiger partial charge in [0.1, 0.15) is 0 Å². The highest BCUT2D eigenvalue weighted by Crippen LogP contribution is 2.42. The minimum Gasteiger partial charge on any atom is -0.504 e. The average molecular weight is 353 g/mol. The summed E-state index contributed by atoms with van der Waals surface area (Å²) in [6.07, 6.45) is 0.901. The number of aromatic hydroxyl groups is 3. The lowest BCUT2D eigenvalue weighted by Crippen LogP contribution is -2.45. The van der Waals surface area contributed by atoms with E-state index in [0.717, 1.165) is 32.6 Å². The van der Waals surface area contributed by atoms with Gasteiger partial charge in [0.25, 0.3) is 0 Å². The van der Waals surface area contributed by atoms with Crippen molar-refractivity contribution in [3.05, 3.63) is 17.7 Å². The first-order valence-electron chi connectivity index (χ1n) is 7.19. The number of rotatable bonds is 4. The van der Waals surface area contributed by atoms with E-state index < -0.39 is 5.75 Å². The standard InChI is InChI=1S/C15H24N2O3.2ClH/c1-10(2)9-12(17-7-5-16-6-8-17)11-3-4-13(18)15(20)14(11)19;;/h3-4,10,12,16,18-20H,5-9H2,1-2H3;2*1H/t12-;;/m0../s1. The first-order valence-corrected chi connectivity index (χ1v) is 7.19. The van der Waals surface area contributed by atoms with Crippen LogP contribution >= 0.6 is 24.8 Å². The summed E-state index contributed by atoms with van der Waals surface area (Å²) in [6, 6.07) is 3.21. The summed E-state index contributed by atoms with van der Waals surface area (Å²) in [5.41, 5.74) is 0.691. The molecule has 1 aromatic carbocycles. The Balaban J connectivity index is 0.00000220. The highest BCUT2D eigenvalue weighted by molar-refractivity contribution is 5.85. The fourth-order valence-electron chi connectivity index (χ4n) is 2.77. The molecule has 22 heavy (non-hydrogen) atoms. The molecule has 7 heteroatoms. The maximum atomic E-state index is 10.1. The number of phenolic OH excluding ortho intramolecular Hbond substituents is 3. The molecule has 0 aliphatic carbocycles. The number of hydrogen-bond donors (Lipinski definition) is 4. The molecule has 1 fully saturated rings. The topological polar surface area (TPSA) is 76.0 Å². The van der Waals surface area contributed by atoms with Gasteiger partial charge in [0.15, 0.2) is 11.5 Å². The van der Waals surface area contributed by atoms with Crippen molar-refractivity contribution in [3.8, 4) is 17.2 Å². The summed E-state index contributed by atoms with van der Waals surface area (Å²) < 4.78 is 0. The molecule has 5 nitrogen and oxygen atoms in total. The molecule has 0 bridgehead atoms. The van der Waals surface area contributed by atoms with E-state index in [1.807, 2.05) is 0 Å². The predicted molar refractivity (Wildman–Crippen MR) is 92.6 cm³/mol. The lowest BCUT2D eigenvalue weighted by Gasteiger charge is -2.36. The van der Waals surface area contributed by atoms with E-state index >= 15 is 0 Å². The Kier molecular flexibility index (Phi) is 8.93. The third kappa shape index (κ3) is 4.81. The molecule has 0 spiro atoms. The SMILES string of the molecule is CC(C)C[C@@H](c1ccc(O)c(O)c1O)N1CCNCC1.Cl.Cl. The first kappa shape index (κ1) is 21.1.